The highest BCUT2D eigenvalue weighted by Crippen LogP contribution is 2.12. The summed E-state index contributed by atoms with van der Waals surface area (Å²) < 4.78 is 11.0. The molecular weight excluding hydrogens is 246 g/mol. The second-order valence-electron chi connectivity index (χ2n) is 5.88. The molecule has 0 rings (SSSR count). The zero-order chi connectivity index (χ0) is 13.4. The minimum absolute atomic E-state index is 1.12. The van der Waals surface area contributed by atoms with E-state index in [1.54, 1.807) is 0 Å². The number of rotatable bonds is 10. The van der Waals surface area contributed by atoms with Crippen LogP contribution in [0.2, 0.25) is 38.3 Å². The topological polar surface area (TPSA) is 30.5 Å². The monoisotopic (exact) mass is 277 g/mol. The summed E-state index contributed by atoms with van der Waals surface area (Å²) in [7, 11) is 1.02. The molecule has 3 nitrogen and oxygen atoms in total. The van der Waals surface area contributed by atoms with Gasteiger partial charge in [0.25, 0.3) is 0 Å². The van der Waals surface area contributed by atoms with E-state index in [-0.39, 0.29) is 0 Å². The van der Waals surface area contributed by atoms with E-state index >= 15 is 0 Å². The van der Waals surface area contributed by atoms with E-state index < -0.39 is 16.6 Å². The zero-order valence-electron chi connectivity index (χ0n) is 12.6. The van der Waals surface area contributed by atoms with Gasteiger partial charge in [0, 0.05) is 14.2 Å². The lowest BCUT2D eigenvalue weighted by atomic mass is 10.4. The Morgan fingerprint density at radius 2 is 1.12 bits per heavy atom. The van der Waals surface area contributed by atoms with Crippen LogP contribution < -0.4 is 5.32 Å². The van der Waals surface area contributed by atoms with Gasteiger partial charge in [-0.25, -0.2) is 0 Å². The molecule has 0 aromatic rings. The summed E-state index contributed by atoms with van der Waals surface area (Å²) >= 11 is 0. The first-order valence-corrected chi connectivity index (χ1v) is 12.9. The van der Waals surface area contributed by atoms with Crippen molar-refractivity contribution in [3.63, 3.8) is 0 Å². The van der Waals surface area contributed by atoms with Gasteiger partial charge in [-0.05, 0) is 64.2 Å². The molecule has 0 aromatic carbocycles. The molecule has 0 bridgehead atoms. The molecule has 0 saturated heterocycles. The zero-order valence-corrected chi connectivity index (χ0v) is 14.6. The Kier molecular flexibility index (Phi) is 8.58. The van der Waals surface area contributed by atoms with Gasteiger partial charge in [0.1, 0.15) is 0 Å². The van der Waals surface area contributed by atoms with E-state index in [2.05, 4.69) is 31.5 Å². The van der Waals surface area contributed by atoms with Crippen molar-refractivity contribution in [1.82, 2.24) is 5.32 Å². The minimum Gasteiger partial charge on any atom is -0.420 e. The largest absolute Gasteiger partial charge is 0.420 e. The van der Waals surface area contributed by atoms with Gasteiger partial charge < -0.3 is 14.2 Å². The van der Waals surface area contributed by atoms with Crippen molar-refractivity contribution in [1.29, 1.82) is 0 Å². The van der Waals surface area contributed by atoms with Crippen LogP contribution in [0.15, 0.2) is 0 Å². The standard InChI is InChI=1S/C12H31NO2Si2/c1-14-16(3,4)11-7-9-13-10-8-12-17(5,6)15-2/h13H,7-12H2,1-6H3. The number of hydrogen-bond acceptors (Lipinski definition) is 3. The first-order chi connectivity index (χ1) is 7.83. The molecule has 0 unspecified atom stereocenters. The van der Waals surface area contributed by atoms with Crippen molar-refractivity contribution < 1.29 is 8.85 Å². The SMILES string of the molecule is CO[Si](C)(C)CCCNCCC[Si](C)(C)OC. The Labute approximate surface area is 110 Å². The summed E-state index contributed by atoms with van der Waals surface area (Å²) in [4.78, 5) is 0. The van der Waals surface area contributed by atoms with Crippen molar-refractivity contribution in [2.45, 2.75) is 51.1 Å². The van der Waals surface area contributed by atoms with E-state index in [0.29, 0.717) is 0 Å². The van der Waals surface area contributed by atoms with Gasteiger partial charge in [-0.1, -0.05) is 0 Å². The van der Waals surface area contributed by atoms with Gasteiger partial charge in [0.2, 0.25) is 0 Å². The molecule has 17 heavy (non-hydrogen) atoms. The molecular formula is C12H31NO2Si2. The third kappa shape index (κ3) is 9.97. The highest BCUT2D eigenvalue weighted by Gasteiger charge is 2.20. The molecule has 0 radical (unpaired) electrons. The summed E-state index contributed by atoms with van der Waals surface area (Å²) in [5.41, 5.74) is 0. The second-order valence-corrected chi connectivity index (χ2v) is 14.7. The predicted molar refractivity (Wildman–Crippen MR) is 80.7 cm³/mol. The summed E-state index contributed by atoms with van der Waals surface area (Å²) in [6, 6.07) is 2.49. The fraction of sp³-hybridized carbons (Fsp3) is 1.00. The van der Waals surface area contributed by atoms with Gasteiger partial charge in [-0.15, -0.1) is 0 Å². The van der Waals surface area contributed by atoms with Gasteiger partial charge in [-0.2, -0.15) is 0 Å². The van der Waals surface area contributed by atoms with E-state index in [9.17, 15) is 0 Å². The van der Waals surface area contributed by atoms with Crippen molar-refractivity contribution in [2.75, 3.05) is 27.3 Å². The van der Waals surface area contributed by atoms with Crippen LogP contribution in [0.25, 0.3) is 0 Å². The van der Waals surface area contributed by atoms with Crippen LogP contribution in [0.5, 0.6) is 0 Å². The fourth-order valence-electron chi connectivity index (χ4n) is 1.61. The Balaban J connectivity index is 3.36. The Hall–Kier alpha value is 0.314. The van der Waals surface area contributed by atoms with Gasteiger partial charge in [0.05, 0.1) is 0 Å². The van der Waals surface area contributed by atoms with Crippen molar-refractivity contribution >= 4 is 16.6 Å². The van der Waals surface area contributed by atoms with E-state index in [1.807, 2.05) is 14.2 Å². The van der Waals surface area contributed by atoms with Gasteiger partial charge in [-0.3, -0.25) is 0 Å². The van der Waals surface area contributed by atoms with Gasteiger partial charge in [0.15, 0.2) is 16.6 Å². The molecule has 0 aromatic heterocycles. The quantitative estimate of drug-likeness (QED) is 0.492. The average molecular weight is 278 g/mol. The summed E-state index contributed by atoms with van der Waals surface area (Å²) in [5.74, 6) is 0. The number of nitrogens with one attached hydrogen (secondary N) is 1. The predicted octanol–water partition coefficient (Wildman–Crippen LogP) is 3.06. The molecule has 0 aliphatic carbocycles. The lowest BCUT2D eigenvalue weighted by molar-refractivity contribution is 0.400. The molecule has 104 valence electrons. The molecule has 0 saturated carbocycles. The smallest absolute Gasteiger partial charge is 0.186 e. The first-order valence-electron chi connectivity index (χ1n) is 6.64. The summed E-state index contributed by atoms with van der Waals surface area (Å²) in [6.07, 6.45) is 2.47. The maximum atomic E-state index is 5.52. The molecule has 0 heterocycles. The molecule has 0 amide bonds. The second kappa shape index (κ2) is 8.42. The van der Waals surface area contributed by atoms with Crippen LogP contribution in [0.3, 0.4) is 0 Å². The lowest BCUT2D eigenvalue weighted by Gasteiger charge is -2.20. The van der Waals surface area contributed by atoms with Crippen LogP contribution in [0.1, 0.15) is 12.8 Å². The maximum absolute atomic E-state index is 5.52. The molecule has 5 heteroatoms. The van der Waals surface area contributed by atoms with Crippen molar-refractivity contribution in [3.8, 4) is 0 Å². The van der Waals surface area contributed by atoms with Crippen LogP contribution in [0.4, 0.5) is 0 Å². The van der Waals surface area contributed by atoms with E-state index in [0.717, 1.165) is 13.1 Å². The summed E-state index contributed by atoms with van der Waals surface area (Å²) in [6.45, 7) is 11.3. The lowest BCUT2D eigenvalue weighted by Crippen LogP contribution is -2.31. The number of hydrogen-bond donors (Lipinski definition) is 1. The Bertz CT molecular complexity index is 179. The molecule has 0 aliphatic rings. The van der Waals surface area contributed by atoms with E-state index in [4.69, 9.17) is 8.85 Å². The van der Waals surface area contributed by atoms with Gasteiger partial charge >= 0.3 is 0 Å². The normalized spacial score (nSPS) is 13.1. The van der Waals surface area contributed by atoms with E-state index in [1.165, 1.54) is 24.9 Å². The highest BCUT2D eigenvalue weighted by atomic mass is 28.4. The van der Waals surface area contributed by atoms with Crippen LogP contribution in [-0.4, -0.2) is 43.9 Å². The molecule has 0 fully saturated rings. The van der Waals surface area contributed by atoms with Crippen molar-refractivity contribution in [3.05, 3.63) is 0 Å². The average Bonchev–Trinajstić information content (AvgIpc) is 2.27. The Morgan fingerprint density at radius 3 is 1.41 bits per heavy atom. The third-order valence-electron chi connectivity index (χ3n) is 3.37. The molecule has 0 spiro atoms. The highest BCUT2D eigenvalue weighted by molar-refractivity contribution is 6.71. The van der Waals surface area contributed by atoms with Crippen LogP contribution >= 0.6 is 0 Å². The maximum Gasteiger partial charge on any atom is 0.186 e. The molecule has 0 aliphatic heterocycles. The van der Waals surface area contributed by atoms with Crippen LogP contribution in [-0.2, 0) is 8.85 Å². The van der Waals surface area contributed by atoms with Crippen molar-refractivity contribution in [2.24, 2.45) is 0 Å². The van der Waals surface area contributed by atoms with Crippen LogP contribution in [0, 0.1) is 0 Å². The molecule has 1 N–H and O–H groups in total. The Morgan fingerprint density at radius 1 is 0.765 bits per heavy atom. The summed E-state index contributed by atoms with van der Waals surface area (Å²) in [5, 5.41) is 3.51. The minimum atomic E-state index is -1.33. The third-order valence-corrected chi connectivity index (χ3v) is 8.70. The fourth-order valence-corrected chi connectivity index (χ4v) is 4.07. The molecule has 0 atom stereocenters. The first kappa shape index (κ1) is 17.3.